The molecule has 1 amide bonds. The number of nitrogens with two attached hydrogens (primary N) is 1. The van der Waals surface area contributed by atoms with E-state index in [0.717, 1.165) is 25.0 Å². The summed E-state index contributed by atoms with van der Waals surface area (Å²) in [5.74, 6) is -0.520. The van der Waals surface area contributed by atoms with Crippen molar-refractivity contribution in [3.8, 4) is 0 Å². The van der Waals surface area contributed by atoms with Crippen molar-refractivity contribution in [1.29, 1.82) is 0 Å². The van der Waals surface area contributed by atoms with Gasteiger partial charge in [0.25, 0.3) is 0 Å². The number of alkyl halides is 3. The van der Waals surface area contributed by atoms with Crippen molar-refractivity contribution in [2.45, 2.75) is 38.4 Å². The molecular formula is C13H16ClF3N2O. The summed E-state index contributed by atoms with van der Waals surface area (Å²) in [5.41, 5.74) is 4.72. The van der Waals surface area contributed by atoms with Crippen molar-refractivity contribution in [2.75, 3.05) is 5.32 Å². The van der Waals surface area contributed by atoms with Gasteiger partial charge in [-0.05, 0) is 24.6 Å². The summed E-state index contributed by atoms with van der Waals surface area (Å²) in [6, 6.07) is 2.13. The van der Waals surface area contributed by atoms with E-state index in [1.54, 1.807) is 0 Å². The van der Waals surface area contributed by atoms with E-state index in [0.29, 0.717) is 6.42 Å². The van der Waals surface area contributed by atoms with Gasteiger partial charge in [-0.15, -0.1) is 0 Å². The SMILES string of the molecule is CCCC[C@H](N)C(=O)Nc1cc(Cl)cc(C(F)(F)F)c1. The number of amides is 1. The van der Waals surface area contributed by atoms with Crippen molar-refractivity contribution in [1.82, 2.24) is 0 Å². The van der Waals surface area contributed by atoms with Crippen LogP contribution in [0.5, 0.6) is 0 Å². The molecule has 0 aliphatic rings. The lowest BCUT2D eigenvalue weighted by molar-refractivity contribution is -0.137. The van der Waals surface area contributed by atoms with E-state index in [1.165, 1.54) is 6.07 Å². The molecule has 0 spiro atoms. The zero-order chi connectivity index (χ0) is 15.3. The van der Waals surface area contributed by atoms with Gasteiger partial charge >= 0.3 is 6.18 Å². The lowest BCUT2D eigenvalue weighted by Gasteiger charge is -2.14. The Morgan fingerprint density at radius 1 is 1.40 bits per heavy atom. The first-order chi connectivity index (χ1) is 9.24. The monoisotopic (exact) mass is 308 g/mol. The summed E-state index contributed by atoms with van der Waals surface area (Å²) >= 11 is 5.62. The second-order valence-electron chi connectivity index (χ2n) is 4.46. The number of benzene rings is 1. The van der Waals surface area contributed by atoms with Crippen molar-refractivity contribution >= 4 is 23.2 Å². The molecule has 0 unspecified atom stereocenters. The molecule has 0 heterocycles. The molecule has 0 fully saturated rings. The average Bonchev–Trinajstić information content (AvgIpc) is 2.34. The van der Waals surface area contributed by atoms with Crippen LogP contribution >= 0.6 is 11.6 Å². The molecule has 20 heavy (non-hydrogen) atoms. The van der Waals surface area contributed by atoms with Crippen LogP contribution in [0.1, 0.15) is 31.7 Å². The lowest BCUT2D eigenvalue weighted by atomic mass is 10.1. The molecule has 1 atom stereocenters. The van der Waals surface area contributed by atoms with Gasteiger partial charge in [0.2, 0.25) is 5.91 Å². The molecule has 0 radical (unpaired) electrons. The van der Waals surface area contributed by atoms with Gasteiger partial charge in [0.05, 0.1) is 11.6 Å². The van der Waals surface area contributed by atoms with E-state index < -0.39 is 23.7 Å². The molecule has 0 aliphatic heterocycles. The quantitative estimate of drug-likeness (QED) is 0.869. The molecule has 1 aromatic rings. The van der Waals surface area contributed by atoms with Gasteiger partial charge in [0, 0.05) is 10.7 Å². The van der Waals surface area contributed by atoms with Crippen LogP contribution in [0.2, 0.25) is 5.02 Å². The van der Waals surface area contributed by atoms with Gasteiger partial charge < -0.3 is 11.1 Å². The standard InChI is InChI=1S/C13H16ClF3N2O/c1-2-3-4-11(18)12(20)19-10-6-8(13(15,16)17)5-9(14)7-10/h5-7,11H,2-4,18H2,1H3,(H,19,20)/t11-/m0/s1. The van der Waals surface area contributed by atoms with Crippen molar-refractivity contribution in [3.05, 3.63) is 28.8 Å². The van der Waals surface area contributed by atoms with Gasteiger partial charge in [0.15, 0.2) is 0 Å². The van der Waals surface area contributed by atoms with Crippen LogP contribution in [0.15, 0.2) is 18.2 Å². The van der Waals surface area contributed by atoms with Gasteiger partial charge in [-0.2, -0.15) is 13.2 Å². The highest BCUT2D eigenvalue weighted by Crippen LogP contribution is 2.33. The Hall–Kier alpha value is -1.27. The molecule has 1 aromatic carbocycles. The minimum Gasteiger partial charge on any atom is -0.325 e. The van der Waals surface area contributed by atoms with E-state index >= 15 is 0 Å². The topological polar surface area (TPSA) is 55.1 Å². The average molecular weight is 309 g/mol. The minimum atomic E-state index is -4.52. The third-order valence-electron chi connectivity index (χ3n) is 2.70. The maximum Gasteiger partial charge on any atom is 0.416 e. The number of rotatable bonds is 5. The van der Waals surface area contributed by atoms with Crippen LogP contribution in [0, 0.1) is 0 Å². The Morgan fingerprint density at radius 3 is 2.60 bits per heavy atom. The lowest BCUT2D eigenvalue weighted by Crippen LogP contribution is -2.35. The molecule has 0 saturated heterocycles. The second-order valence-corrected chi connectivity index (χ2v) is 4.90. The number of carbonyl (C=O) groups excluding carboxylic acids is 1. The van der Waals surface area contributed by atoms with Crippen molar-refractivity contribution in [3.63, 3.8) is 0 Å². The smallest absolute Gasteiger partial charge is 0.325 e. The molecular weight excluding hydrogens is 293 g/mol. The van der Waals surface area contributed by atoms with E-state index in [9.17, 15) is 18.0 Å². The molecule has 0 aromatic heterocycles. The van der Waals surface area contributed by atoms with Crippen LogP contribution in [0.4, 0.5) is 18.9 Å². The summed E-state index contributed by atoms with van der Waals surface area (Å²) in [6.45, 7) is 1.96. The number of nitrogens with one attached hydrogen (secondary N) is 1. The highest BCUT2D eigenvalue weighted by Gasteiger charge is 2.31. The Kier molecular flexibility index (Phi) is 5.83. The predicted octanol–water partition coefficient (Wildman–Crippen LogP) is 3.81. The molecule has 7 heteroatoms. The largest absolute Gasteiger partial charge is 0.416 e. The Bertz CT molecular complexity index is 477. The highest BCUT2D eigenvalue weighted by molar-refractivity contribution is 6.31. The second kappa shape index (κ2) is 6.95. The zero-order valence-corrected chi connectivity index (χ0v) is 11.7. The third-order valence-corrected chi connectivity index (χ3v) is 2.92. The first-order valence-corrected chi connectivity index (χ1v) is 6.56. The van der Waals surface area contributed by atoms with Gasteiger partial charge in [0.1, 0.15) is 0 Å². The van der Waals surface area contributed by atoms with Crippen molar-refractivity contribution in [2.24, 2.45) is 5.73 Å². The normalized spacial score (nSPS) is 13.1. The molecule has 0 aliphatic carbocycles. The Balaban J connectivity index is 2.82. The number of unbranched alkanes of at least 4 members (excludes halogenated alkanes) is 1. The Morgan fingerprint density at radius 2 is 2.05 bits per heavy atom. The van der Waals surface area contributed by atoms with E-state index in [4.69, 9.17) is 17.3 Å². The zero-order valence-electron chi connectivity index (χ0n) is 10.9. The van der Waals surface area contributed by atoms with E-state index in [1.807, 2.05) is 6.92 Å². The molecule has 112 valence electrons. The maximum atomic E-state index is 12.6. The van der Waals surface area contributed by atoms with Gasteiger partial charge in [-0.3, -0.25) is 4.79 Å². The highest BCUT2D eigenvalue weighted by atomic mass is 35.5. The minimum absolute atomic E-state index is 0.0122. The molecule has 3 N–H and O–H groups in total. The Labute approximate surface area is 120 Å². The number of hydrogen-bond donors (Lipinski definition) is 2. The van der Waals surface area contributed by atoms with Gasteiger partial charge in [-0.1, -0.05) is 31.4 Å². The molecule has 1 rings (SSSR count). The van der Waals surface area contributed by atoms with Crippen molar-refractivity contribution < 1.29 is 18.0 Å². The first-order valence-electron chi connectivity index (χ1n) is 6.18. The summed E-state index contributed by atoms with van der Waals surface area (Å²) in [5, 5.41) is 2.26. The fourth-order valence-corrected chi connectivity index (χ4v) is 1.85. The molecule has 0 bridgehead atoms. The van der Waals surface area contributed by atoms with E-state index in [2.05, 4.69) is 5.32 Å². The summed E-state index contributed by atoms with van der Waals surface area (Å²) in [7, 11) is 0. The van der Waals surface area contributed by atoms with E-state index in [-0.39, 0.29) is 10.7 Å². The van der Waals surface area contributed by atoms with Crippen LogP contribution in [-0.4, -0.2) is 11.9 Å². The fraction of sp³-hybridized carbons (Fsp3) is 0.462. The third kappa shape index (κ3) is 5.02. The summed E-state index contributed by atoms with van der Waals surface area (Å²) in [6.07, 6.45) is -2.38. The van der Waals surface area contributed by atoms with Crippen LogP contribution in [0.3, 0.4) is 0 Å². The van der Waals surface area contributed by atoms with Crippen LogP contribution < -0.4 is 11.1 Å². The summed E-state index contributed by atoms with van der Waals surface area (Å²) in [4.78, 5) is 11.7. The number of anilines is 1. The predicted molar refractivity (Wildman–Crippen MR) is 72.6 cm³/mol. The maximum absolute atomic E-state index is 12.6. The van der Waals surface area contributed by atoms with Crippen LogP contribution in [0.25, 0.3) is 0 Å². The number of halogens is 4. The first kappa shape index (κ1) is 16.8. The number of hydrogen-bond acceptors (Lipinski definition) is 2. The van der Waals surface area contributed by atoms with Crippen LogP contribution in [-0.2, 0) is 11.0 Å². The molecule has 0 saturated carbocycles. The van der Waals surface area contributed by atoms with Gasteiger partial charge in [-0.25, -0.2) is 0 Å². The molecule has 3 nitrogen and oxygen atoms in total. The fourth-order valence-electron chi connectivity index (χ4n) is 1.62. The number of carbonyl (C=O) groups is 1. The summed E-state index contributed by atoms with van der Waals surface area (Å²) < 4.78 is 37.8.